The third kappa shape index (κ3) is 6.90. The zero-order chi connectivity index (χ0) is 8.69. The molecule has 0 spiro atoms. The number of hydrogen-bond acceptors (Lipinski definition) is 3. The van der Waals surface area contributed by atoms with Gasteiger partial charge in [-0.05, 0) is 13.8 Å². The van der Waals surface area contributed by atoms with Crippen LogP contribution in [0, 0.1) is 0 Å². The summed E-state index contributed by atoms with van der Waals surface area (Å²) in [5, 5.41) is 6.19. The average Bonchev–Trinajstić information content (AvgIpc) is 1.86. The van der Waals surface area contributed by atoms with E-state index >= 15 is 0 Å². The molecule has 64 valence electrons. The molecule has 0 amide bonds. The Bertz CT molecular complexity index is 138. The molecule has 0 atom stereocenters. The van der Waals surface area contributed by atoms with Gasteiger partial charge in [0.2, 0.25) is 0 Å². The summed E-state index contributed by atoms with van der Waals surface area (Å²) >= 11 is 0. The highest BCUT2D eigenvalue weighted by Gasteiger charge is 1.92. The van der Waals surface area contributed by atoms with E-state index < -0.39 is 0 Å². The molecule has 0 aliphatic carbocycles. The number of nitrogens with zero attached hydrogens (tertiary/aromatic N) is 1. The van der Waals surface area contributed by atoms with E-state index in [9.17, 15) is 0 Å². The summed E-state index contributed by atoms with van der Waals surface area (Å²) in [4.78, 5) is 3.83. The summed E-state index contributed by atoms with van der Waals surface area (Å²) in [7, 11) is 1.75. The lowest BCUT2D eigenvalue weighted by Crippen LogP contribution is -2.31. The Hall–Kier alpha value is -0.990. The number of hydrogen-bond donors (Lipinski definition) is 2. The third-order valence-electron chi connectivity index (χ3n) is 1.05. The van der Waals surface area contributed by atoms with Gasteiger partial charge in [0.15, 0.2) is 0 Å². The fraction of sp³-hybridized carbons (Fsp3) is 0.625. The molecule has 0 aromatic carbocycles. The Morgan fingerprint density at radius 2 is 2.27 bits per heavy atom. The molecule has 0 aromatic heterocycles. The second-order valence-corrected chi connectivity index (χ2v) is 2.60. The van der Waals surface area contributed by atoms with E-state index in [1.165, 1.54) is 0 Å². The van der Waals surface area contributed by atoms with E-state index in [-0.39, 0.29) is 0 Å². The van der Waals surface area contributed by atoms with Crippen LogP contribution in [0.1, 0.15) is 13.8 Å². The molecule has 3 nitrogen and oxygen atoms in total. The number of rotatable bonds is 5. The first-order chi connectivity index (χ1) is 5.16. The molecular weight excluding hydrogens is 138 g/mol. The molecule has 3 heteroatoms. The third-order valence-corrected chi connectivity index (χ3v) is 1.05. The predicted molar refractivity (Wildman–Crippen MR) is 49.8 cm³/mol. The summed E-state index contributed by atoms with van der Waals surface area (Å²) in [6.45, 7) is 8.65. The van der Waals surface area contributed by atoms with Gasteiger partial charge in [0, 0.05) is 19.3 Å². The fourth-order valence-electron chi connectivity index (χ4n) is 0.660. The van der Waals surface area contributed by atoms with Crippen molar-refractivity contribution in [2.24, 2.45) is 4.99 Å². The summed E-state index contributed by atoms with van der Waals surface area (Å²) in [6.07, 6.45) is 1.80. The van der Waals surface area contributed by atoms with Crippen molar-refractivity contribution < 1.29 is 0 Å². The maximum atomic E-state index is 3.83. The Balaban J connectivity index is 3.37. The van der Waals surface area contributed by atoms with E-state index in [4.69, 9.17) is 0 Å². The standard InChI is InChI=1S/C8H17N3/c1-7(2)11-8(3)10-6-5-9-4/h5,7,10-11H,3,6H2,1-2,4H3. The van der Waals surface area contributed by atoms with Crippen molar-refractivity contribution in [3.63, 3.8) is 0 Å². The molecule has 11 heavy (non-hydrogen) atoms. The van der Waals surface area contributed by atoms with E-state index in [0.29, 0.717) is 6.04 Å². The van der Waals surface area contributed by atoms with Crippen LogP contribution < -0.4 is 10.6 Å². The van der Waals surface area contributed by atoms with Gasteiger partial charge >= 0.3 is 0 Å². The molecule has 0 unspecified atom stereocenters. The smallest absolute Gasteiger partial charge is 0.0917 e. The summed E-state index contributed by atoms with van der Waals surface area (Å²) in [5.41, 5.74) is 0. The van der Waals surface area contributed by atoms with E-state index in [1.807, 2.05) is 0 Å². The lowest BCUT2D eigenvalue weighted by molar-refractivity contribution is 0.629. The first-order valence-electron chi connectivity index (χ1n) is 3.76. The highest BCUT2D eigenvalue weighted by molar-refractivity contribution is 5.59. The lowest BCUT2D eigenvalue weighted by Gasteiger charge is -2.12. The van der Waals surface area contributed by atoms with E-state index in [0.717, 1.165) is 12.4 Å². The maximum Gasteiger partial charge on any atom is 0.0917 e. The minimum atomic E-state index is 0.425. The molecule has 0 rings (SSSR count). The van der Waals surface area contributed by atoms with Crippen LogP contribution in [-0.2, 0) is 0 Å². The molecule has 0 heterocycles. The summed E-state index contributed by atoms with van der Waals surface area (Å²) in [6, 6.07) is 0.425. The second-order valence-electron chi connectivity index (χ2n) is 2.60. The van der Waals surface area contributed by atoms with Crippen LogP contribution in [0.25, 0.3) is 0 Å². The van der Waals surface area contributed by atoms with Gasteiger partial charge in [-0.25, -0.2) is 0 Å². The minimum absolute atomic E-state index is 0.425. The Morgan fingerprint density at radius 3 is 2.73 bits per heavy atom. The largest absolute Gasteiger partial charge is 0.370 e. The van der Waals surface area contributed by atoms with Crippen LogP contribution in [0.5, 0.6) is 0 Å². The van der Waals surface area contributed by atoms with Crippen LogP contribution >= 0.6 is 0 Å². The summed E-state index contributed by atoms with van der Waals surface area (Å²) in [5.74, 6) is 0.847. The summed E-state index contributed by atoms with van der Waals surface area (Å²) < 4.78 is 0. The molecule has 0 aliphatic heterocycles. The van der Waals surface area contributed by atoms with Gasteiger partial charge in [0.1, 0.15) is 0 Å². The second kappa shape index (κ2) is 5.77. The van der Waals surface area contributed by atoms with Crippen LogP contribution in [0.2, 0.25) is 0 Å². The Labute approximate surface area is 68.6 Å². The quantitative estimate of drug-likeness (QED) is 0.575. The first-order valence-corrected chi connectivity index (χ1v) is 3.76. The van der Waals surface area contributed by atoms with E-state index in [2.05, 4.69) is 36.1 Å². The van der Waals surface area contributed by atoms with Gasteiger partial charge in [-0.3, -0.25) is 4.99 Å². The molecule has 0 radical (unpaired) electrons. The average molecular weight is 155 g/mol. The van der Waals surface area contributed by atoms with Gasteiger partial charge < -0.3 is 10.6 Å². The highest BCUT2D eigenvalue weighted by atomic mass is 15.1. The van der Waals surface area contributed by atoms with Crippen molar-refractivity contribution in [3.05, 3.63) is 12.4 Å². The maximum absolute atomic E-state index is 3.83. The Kier molecular flexibility index (Phi) is 5.25. The molecule has 0 aromatic rings. The van der Waals surface area contributed by atoms with Gasteiger partial charge in [0.25, 0.3) is 0 Å². The van der Waals surface area contributed by atoms with Crippen molar-refractivity contribution in [2.45, 2.75) is 19.9 Å². The van der Waals surface area contributed by atoms with Crippen LogP contribution in [-0.4, -0.2) is 25.8 Å². The number of aliphatic imine (C=N–C) groups is 1. The normalized spacial score (nSPS) is 10.5. The Morgan fingerprint density at radius 1 is 1.64 bits per heavy atom. The van der Waals surface area contributed by atoms with Crippen LogP contribution in [0.4, 0.5) is 0 Å². The monoisotopic (exact) mass is 155 g/mol. The lowest BCUT2D eigenvalue weighted by atomic mass is 10.4. The SMILES string of the molecule is C=C(NCC=NC)NC(C)C. The van der Waals surface area contributed by atoms with Gasteiger partial charge in [-0.1, -0.05) is 6.58 Å². The highest BCUT2D eigenvalue weighted by Crippen LogP contribution is 1.81. The fourth-order valence-corrected chi connectivity index (χ4v) is 0.660. The number of nitrogens with one attached hydrogen (secondary N) is 2. The molecule has 2 N–H and O–H groups in total. The van der Waals surface area contributed by atoms with Crippen molar-refractivity contribution in [3.8, 4) is 0 Å². The van der Waals surface area contributed by atoms with Gasteiger partial charge in [-0.15, -0.1) is 0 Å². The molecule has 0 saturated heterocycles. The van der Waals surface area contributed by atoms with Crippen molar-refractivity contribution in [1.82, 2.24) is 10.6 Å². The zero-order valence-corrected chi connectivity index (χ0v) is 7.52. The van der Waals surface area contributed by atoms with Crippen LogP contribution in [0.15, 0.2) is 17.4 Å². The molecule has 0 fully saturated rings. The van der Waals surface area contributed by atoms with Gasteiger partial charge in [-0.2, -0.15) is 0 Å². The van der Waals surface area contributed by atoms with Crippen molar-refractivity contribution in [1.29, 1.82) is 0 Å². The van der Waals surface area contributed by atoms with Crippen molar-refractivity contribution >= 4 is 6.21 Å². The molecule has 0 bridgehead atoms. The molecule has 0 aliphatic rings. The van der Waals surface area contributed by atoms with Gasteiger partial charge in [0.05, 0.1) is 12.4 Å². The van der Waals surface area contributed by atoms with E-state index in [1.54, 1.807) is 13.3 Å². The zero-order valence-electron chi connectivity index (χ0n) is 7.52. The molecular formula is C8H17N3. The van der Waals surface area contributed by atoms with Crippen LogP contribution in [0.3, 0.4) is 0 Å². The first kappa shape index (κ1) is 10.0. The predicted octanol–water partition coefficient (Wildman–Crippen LogP) is 0.746. The minimum Gasteiger partial charge on any atom is -0.370 e. The molecule has 0 saturated carbocycles. The van der Waals surface area contributed by atoms with Crippen molar-refractivity contribution in [2.75, 3.05) is 13.6 Å². The topological polar surface area (TPSA) is 36.4 Å².